The molecule has 2 nitrogen and oxygen atoms in total. The zero-order valence-electron chi connectivity index (χ0n) is 11.7. The molecule has 0 aliphatic rings. The van der Waals surface area contributed by atoms with E-state index in [2.05, 4.69) is 88.4 Å². The second kappa shape index (κ2) is 5.33. The number of anilines is 1. The Labute approximate surface area is 127 Å². The molecule has 0 aliphatic heterocycles. The van der Waals surface area contributed by atoms with Gasteiger partial charge in [-0.3, -0.25) is 0 Å². The lowest BCUT2D eigenvalue weighted by Gasteiger charge is -2.19. The highest BCUT2D eigenvalue weighted by atomic mass is 79.9. The van der Waals surface area contributed by atoms with Crippen LogP contribution in [0.2, 0.25) is 0 Å². The molecule has 2 aromatic carbocycles. The molecular weight excluding hydrogens is 312 g/mol. The first-order valence-electron chi connectivity index (χ1n) is 6.67. The van der Waals surface area contributed by atoms with Gasteiger partial charge >= 0.3 is 0 Å². The Morgan fingerprint density at radius 2 is 1.85 bits per heavy atom. The Morgan fingerprint density at radius 3 is 2.60 bits per heavy atom. The van der Waals surface area contributed by atoms with Crippen LogP contribution in [-0.4, -0.2) is 12.0 Å². The van der Waals surface area contributed by atoms with E-state index in [1.165, 1.54) is 27.7 Å². The summed E-state index contributed by atoms with van der Waals surface area (Å²) >= 11 is 3.54. The van der Waals surface area contributed by atoms with E-state index < -0.39 is 0 Å². The number of nitrogens with one attached hydrogen (secondary N) is 1. The number of H-pyrrole nitrogens is 1. The van der Waals surface area contributed by atoms with Crippen LogP contribution in [0.5, 0.6) is 0 Å². The van der Waals surface area contributed by atoms with Gasteiger partial charge in [-0.1, -0.05) is 33.6 Å². The number of halogens is 1. The Morgan fingerprint density at radius 1 is 1.10 bits per heavy atom. The summed E-state index contributed by atoms with van der Waals surface area (Å²) in [6.07, 6.45) is 2.10. The molecule has 3 aromatic rings. The predicted octanol–water partition coefficient (Wildman–Crippen LogP) is 4.88. The minimum absolute atomic E-state index is 0.888. The van der Waals surface area contributed by atoms with Crippen molar-refractivity contribution >= 4 is 32.5 Å². The van der Waals surface area contributed by atoms with Gasteiger partial charge in [-0.2, -0.15) is 0 Å². The summed E-state index contributed by atoms with van der Waals surface area (Å²) in [5, 5.41) is 1.28. The fourth-order valence-electron chi connectivity index (χ4n) is 2.43. The van der Waals surface area contributed by atoms with Crippen molar-refractivity contribution in [1.29, 1.82) is 0 Å². The average molecular weight is 329 g/mol. The first-order valence-corrected chi connectivity index (χ1v) is 7.46. The lowest BCUT2D eigenvalue weighted by atomic mass is 10.1. The molecule has 1 N–H and O–H groups in total. The molecule has 0 fully saturated rings. The highest BCUT2D eigenvalue weighted by Crippen LogP contribution is 2.25. The van der Waals surface area contributed by atoms with Gasteiger partial charge in [0.2, 0.25) is 0 Å². The summed E-state index contributed by atoms with van der Waals surface area (Å²) in [6.45, 7) is 3.00. The number of fused-ring (bicyclic) bond motifs is 1. The molecule has 1 heterocycles. The molecular formula is C17H17BrN2. The summed E-state index contributed by atoms with van der Waals surface area (Å²) in [7, 11) is 2.13. The molecule has 0 unspecified atom stereocenters. The predicted molar refractivity (Wildman–Crippen MR) is 89.3 cm³/mol. The minimum Gasteiger partial charge on any atom is -0.370 e. The first kappa shape index (κ1) is 13.3. The van der Waals surface area contributed by atoms with Gasteiger partial charge < -0.3 is 9.88 Å². The molecule has 0 amide bonds. The molecule has 1 aromatic heterocycles. The molecule has 0 saturated carbocycles. The van der Waals surface area contributed by atoms with E-state index in [9.17, 15) is 0 Å². The maximum atomic E-state index is 3.54. The van der Waals surface area contributed by atoms with Gasteiger partial charge in [0.05, 0.1) is 0 Å². The average Bonchev–Trinajstić information content (AvgIpc) is 2.82. The van der Waals surface area contributed by atoms with E-state index in [1.807, 2.05) is 0 Å². The molecule has 102 valence electrons. The third-order valence-electron chi connectivity index (χ3n) is 3.61. The Balaban J connectivity index is 1.89. The topological polar surface area (TPSA) is 19.0 Å². The summed E-state index contributed by atoms with van der Waals surface area (Å²) in [4.78, 5) is 5.60. The lowest BCUT2D eigenvalue weighted by molar-refractivity contribution is 0.929. The van der Waals surface area contributed by atoms with Crippen LogP contribution in [-0.2, 0) is 6.54 Å². The zero-order chi connectivity index (χ0) is 14.1. The maximum absolute atomic E-state index is 3.54. The van der Waals surface area contributed by atoms with Gasteiger partial charge in [0, 0.05) is 40.9 Å². The quantitative estimate of drug-likeness (QED) is 0.726. The molecule has 0 spiro atoms. The van der Waals surface area contributed by atoms with E-state index in [0.717, 1.165) is 11.0 Å². The SMILES string of the molecule is Cc1ccc(N(C)Cc2c[nH]c3ccc(Br)cc23)cc1. The van der Waals surface area contributed by atoms with Crippen LogP contribution in [0, 0.1) is 6.92 Å². The summed E-state index contributed by atoms with van der Waals surface area (Å²) in [5.74, 6) is 0. The first-order chi connectivity index (χ1) is 9.63. The van der Waals surface area contributed by atoms with Gasteiger partial charge in [0.15, 0.2) is 0 Å². The molecule has 0 saturated heterocycles. The molecule has 3 heteroatoms. The van der Waals surface area contributed by atoms with Crippen molar-refractivity contribution in [3.63, 3.8) is 0 Å². The second-order valence-corrected chi connectivity index (χ2v) is 6.11. The van der Waals surface area contributed by atoms with E-state index in [4.69, 9.17) is 0 Å². The van der Waals surface area contributed by atoms with Crippen molar-refractivity contribution in [2.75, 3.05) is 11.9 Å². The van der Waals surface area contributed by atoms with Gasteiger partial charge in [-0.15, -0.1) is 0 Å². The smallest absolute Gasteiger partial charge is 0.0458 e. The molecule has 0 aliphatic carbocycles. The number of rotatable bonds is 3. The molecule has 0 atom stereocenters. The summed E-state index contributed by atoms with van der Waals surface area (Å²) in [5.41, 5.74) is 5.02. The monoisotopic (exact) mass is 328 g/mol. The van der Waals surface area contributed by atoms with E-state index in [1.54, 1.807) is 0 Å². The lowest BCUT2D eigenvalue weighted by Crippen LogP contribution is -2.15. The number of aromatic nitrogens is 1. The van der Waals surface area contributed by atoms with E-state index in [0.29, 0.717) is 0 Å². The number of aromatic amines is 1. The van der Waals surface area contributed by atoms with Gasteiger partial charge in [0.1, 0.15) is 0 Å². The minimum atomic E-state index is 0.888. The van der Waals surface area contributed by atoms with Crippen molar-refractivity contribution in [1.82, 2.24) is 4.98 Å². The summed E-state index contributed by atoms with van der Waals surface area (Å²) < 4.78 is 1.11. The molecule has 0 radical (unpaired) electrons. The van der Waals surface area contributed by atoms with Crippen LogP contribution in [0.15, 0.2) is 53.1 Å². The Kier molecular flexibility index (Phi) is 3.53. The largest absolute Gasteiger partial charge is 0.370 e. The number of nitrogens with zero attached hydrogens (tertiary/aromatic N) is 1. The van der Waals surface area contributed by atoms with Crippen molar-refractivity contribution in [3.05, 3.63) is 64.3 Å². The van der Waals surface area contributed by atoms with Gasteiger partial charge in [0.25, 0.3) is 0 Å². The zero-order valence-corrected chi connectivity index (χ0v) is 13.2. The van der Waals surface area contributed by atoms with Gasteiger partial charge in [-0.25, -0.2) is 0 Å². The number of hydrogen-bond donors (Lipinski definition) is 1. The highest BCUT2D eigenvalue weighted by molar-refractivity contribution is 9.10. The van der Waals surface area contributed by atoms with Crippen LogP contribution in [0.3, 0.4) is 0 Å². The summed E-state index contributed by atoms with van der Waals surface area (Å²) in [6, 6.07) is 15.0. The van der Waals surface area contributed by atoms with Crippen molar-refractivity contribution < 1.29 is 0 Å². The van der Waals surface area contributed by atoms with E-state index >= 15 is 0 Å². The van der Waals surface area contributed by atoms with Crippen LogP contribution in [0.25, 0.3) is 10.9 Å². The molecule has 0 bridgehead atoms. The van der Waals surface area contributed by atoms with Crippen molar-refractivity contribution in [3.8, 4) is 0 Å². The Bertz CT molecular complexity index is 728. The Hall–Kier alpha value is -1.74. The highest BCUT2D eigenvalue weighted by Gasteiger charge is 2.07. The number of hydrogen-bond acceptors (Lipinski definition) is 1. The molecule has 3 rings (SSSR count). The molecule has 20 heavy (non-hydrogen) atoms. The fourth-order valence-corrected chi connectivity index (χ4v) is 2.79. The van der Waals surface area contributed by atoms with Gasteiger partial charge in [-0.05, 0) is 42.8 Å². The fraction of sp³-hybridized carbons (Fsp3) is 0.176. The van der Waals surface area contributed by atoms with E-state index in [-0.39, 0.29) is 0 Å². The van der Waals surface area contributed by atoms with Crippen molar-refractivity contribution in [2.45, 2.75) is 13.5 Å². The van der Waals surface area contributed by atoms with Crippen LogP contribution >= 0.6 is 15.9 Å². The van der Waals surface area contributed by atoms with Crippen LogP contribution in [0.1, 0.15) is 11.1 Å². The number of benzene rings is 2. The third kappa shape index (κ3) is 2.59. The normalized spacial score (nSPS) is 10.9. The third-order valence-corrected chi connectivity index (χ3v) is 4.10. The second-order valence-electron chi connectivity index (χ2n) is 5.20. The van der Waals surface area contributed by atoms with Crippen LogP contribution < -0.4 is 4.90 Å². The van der Waals surface area contributed by atoms with Crippen LogP contribution in [0.4, 0.5) is 5.69 Å². The standard InChI is InChI=1S/C17H17BrN2/c1-12-3-6-15(7-4-12)20(2)11-13-10-19-17-8-5-14(18)9-16(13)17/h3-10,19H,11H2,1-2H3. The van der Waals surface area contributed by atoms with Crippen molar-refractivity contribution in [2.24, 2.45) is 0 Å². The maximum Gasteiger partial charge on any atom is 0.0458 e. The number of aryl methyl sites for hydroxylation is 1.